The van der Waals surface area contributed by atoms with E-state index >= 15 is 0 Å². The topological polar surface area (TPSA) is 137 Å². The van der Waals surface area contributed by atoms with E-state index in [1.807, 2.05) is 4.90 Å². The highest BCUT2D eigenvalue weighted by Crippen LogP contribution is 2.32. The molecule has 4 atom stereocenters. The zero-order valence-corrected chi connectivity index (χ0v) is 21.4. The lowest BCUT2D eigenvalue weighted by Crippen LogP contribution is -2.46. The maximum Gasteiger partial charge on any atom is 0.404 e. The smallest absolute Gasteiger partial charge is 0.404 e. The van der Waals surface area contributed by atoms with Crippen molar-refractivity contribution >= 4 is 29.6 Å². The summed E-state index contributed by atoms with van der Waals surface area (Å²) in [5.41, 5.74) is 0.0865. The fourth-order valence-electron chi connectivity index (χ4n) is 4.96. The summed E-state index contributed by atoms with van der Waals surface area (Å²) >= 11 is 5.84. The number of benzene rings is 1. The molecule has 3 N–H and O–H groups in total. The molecule has 206 valence electrons. The van der Waals surface area contributed by atoms with Crippen LogP contribution < -0.4 is 19.9 Å². The van der Waals surface area contributed by atoms with Crippen molar-refractivity contribution in [3.63, 3.8) is 0 Å². The van der Waals surface area contributed by atoms with Gasteiger partial charge < -0.3 is 30.1 Å². The van der Waals surface area contributed by atoms with Gasteiger partial charge in [-0.25, -0.2) is 33.5 Å². The van der Waals surface area contributed by atoms with E-state index in [0.717, 1.165) is 18.2 Å². The molecule has 0 bridgehead atoms. The summed E-state index contributed by atoms with van der Waals surface area (Å²) in [6.07, 6.45) is 4.75. The number of ether oxygens (including phenoxy) is 1. The molecule has 0 saturated carbocycles. The van der Waals surface area contributed by atoms with E-state index in [4.69, 9.17) is 16.3 Å². The Morgan fingerprint density at radius 3 is 2.44 bits per heavy atom. The second-order valence-corrected chi connectivity index (χ2v) is 9.96. The molecule has 1 aromatic carbocycles. The minimum atomic E-state index is -1.26. The largest absolute Gasteiger partial charge is 0.490 e. The lowest BCUT2D eigenvalue weighted by Gasteiger charge is -2.35. The van der Waals surface area contributed by atoms with E-state index in [9.17, 15) is 23.8 Å². The predicted octanol–water partition coefficient (Wildman–Crippen LogP) is 2.70. The summed E-state index contributed by atoms with van der Waals surface area (Å²) in [6.45, 7) is 1.63. The summed E-state index contributed by atoms with van der Waals surface area (Å²) in [4.78, 5) is 32.0. The molecule has 2 saturated heterocycles. The molecule has 39 heavy (non-hydrogen) atoms. The van der Waals surface area contributed by atoms with Crippen molar-refractivity contribution < 1.29 is 28.5 Å². The first-order chi connectivity index (χ1) is 18.8. The van der Waals surface area contributed by atoms with Crippen LogP contribution in [0.3, 0.4) is 0 Å². The first-order valence-corrected chi connectivity index (χ1v) is 12.7. The van der Waals surface area contributed by atoms with Crippen LogP contribution in [0.15, 0.2) is 43.0 Å². The highest BCUT2D eigenvalue weighted by molar-refractivity contribution is 6.30. The molecule has 3 aromatic rings. The van der Waals surface area contributed by atoms with Gasteiger partial charge in [0.2, 0.25) is 11.9 Å². The van der Waals surface area contributed by atoms with Crippen molar-refractivity contribution in [1.82, 2.24) is 25.3 Å². The lowest BCUT2D eigenvalue weighted by atomic mass is 9.94. The Hall–Kier alpha value is -3.84. The minimum Gasteiger partial charge on any atom is -0.490 e. The van der Waals surface area contributed by atoms with Gasteiger partial charge in [0.25, 0.3) is 0 Å². The number of piperidine rings is 1. The summed E-state index contributed by atoms with van der Waals surface area (Å²) < 4.78 is 34.1. The predicted molar refractivity (Wildman–Crippen MR) is 137 cm³/mol. The molecule has 11 nitrogen and oxygen atoms in total. The van der Waals surface area contributed by atoms with Gasteiger partial charge in [-0.2, -0.15) is 0 Å². The molecule has 14 heteroatoms. The number of aliphatic hydroxyl groups is 1. The van der Waals surface area contributed by atoms with Gasteiger partial charge in [0.05, 0.1) is 48.6 Å². The van der Waals surface area contributed by atoms with Crippen LogP contribution in [0.2, 0.25) is 5.02 Å². The van der Waals surface area contributed by atoms with Crippen LogP contribution in [0.4, 0.5) is 25.5 Å². The average molecular weight is 562 g/mol. The molecule has 0 radical (unpaired) electrons. The number of aliphatic hydroxyl groups excluding tert-OH is 1. The van der Waals surface area contributed by atoms with Gasteiger partial charge in [0.15, 0.2) is 5.75 Å². The zero-order valence-electron chi connectivity index (χ0n) is 20.6. The van der Waals surface area contributed by atoms with Gasteiger partial charge in [-0.1, -0.05) is 11.6 Å². The minimum absolute atomic E-state index is 0.0865. The number of hydrogen-bond acceptors (Lipinski definition) is 9. The molecule has 2 aliphatic rings. The standard InChI is InChI=1S/C25H26ClF2N7O4/c26-15-6-29-23(30-7-15)34-4-3-14(22(36)12-34)13-39-17-8-31-24(32-9-17)35-10-19(21(11-35)33-25(37)38)18-5-16(27)1-2-20(18)28/h1-2,5-9,14,19,21-22,33,36H,3-4,10-13H2,(H,37,38)/t14-,19+,21-,22-/m0/s1. The van der Waals surface area contributed by atoms with Gasteiger partial charge >= 0.3 is 6.09 Å². The van der Waals surface area contributed by atoms with Gasteiger partial charge in [-0.15, -0.1) is 0 Å². The zero-order chi connectivity index (χ0) is 27.5. The van der Waals surface area contributed by atoms with Crippen LogP contribution in [0, 0.1) is 17.6 Å². The molecule has 2 fully saturated rings. The SMILES string of the molecule is O=C(O)N[C@H]1CN(c2ncc(OC[C@@H]3CCN(c4ncc(Cl)cn4)C[C@@H]3O)cn2)C[C@@H]1c1cc(F)ccc1F. The normalized spacial score (nSPS) is 23.1. The number of amides is 1. The Labute approximate surface area is 227 Å². The Morgan fingerprint density at radius 2 is 1.74 bits per heavy atom. The van der Waals surface area contributed by atoms with Crippen molar-refractivity contribution in [1.29, 1.82) is 0 Å². The molecule has 5 rings (SSSR count). The number of nitrogens with one attached hydrogen (secondary N) is 1. The van der Waals surface area contributed by atoms with E-state index in [1.165, 1.54) is 24.8 Å². The van der Waals surface area contributed by atoms with Crippen LogP contribution in [0.1, 0.15) is 17.9 Å². The van der Waals surface area contributed by atoms with Crippen molar-refractivity contribution in [2.75, 3.05) is 42.6 Å². The number of aromatic nitrogens is 4. The number of hydrogen-bond donors (Lipinski definition) is 3. The molecule has 0 spiro atoms. The van der Waals surface area contributed by atoms with Crippen LogP contribution >= 0.6 is 11.6 Å². The van der Waals surface area contributed by atoms with Gasteiger partial charge in [0.1, 0.15) is 11.6 Å². The average Bonchev–Trinajstić information content (AvgIpc) is 3.33. The lowest BCUT2D eigenvalue weighted by molar-refractivity contribution is 0.0611. The number of nitrogens with zero attached hydrogens (tertiary/aromatic N) is 6. The fraction of sp³-hybridized carbons (Fsp3) is 0.400. The maximum atomic E-state index is 14.5. The van der Waals surface area contributed by atoms with Crippen LogP contribution in [-0.2, 0) is 0 Å². The quantitative estimate of drug-likeness (QED) is 0.395. The van der Waals surface area contributed by atoms with E-state index < -0.39 is 35.8 Å². The number of carboxylic acid groups (broad SMARTS) is 1. The Balaban J connectivity index is 1.19. The molecule has 4 heterocycles. The van der Waals surface area contributed by atoms with E-state index in [-0.39, 0.29) is 31.2 Å². The van der Waals surface area contributed by atoms with E-state index in [0.29, 0.717) is 42.2 Å². The number of halogens is 3. The Bertz CT molecular complexity index is 1300. The molecule has 2 aromatic heterocycles. The van der Waals surface area contributed by atoms with Crippen LogP contribution in [0.5, 0.6) is 5.75 Å². The molecule has 2 aliphatic heterocycles. The van der Waals surface area contributed by atoms with Crippen LogP contribution in [-0.4, -0.2) is 81.2 Å². The summed E-state index contributed by atoms with van der Waals surface area (Å²) in [5.74, 6) is -0.758. The molecule has 0 aliphatic carbocycles. The number of β-amino-alcohol motifs (C(OH)–C–C–N with tert-alkyl or cyclic N) is 1. The molecular formula is C25H26ClF2N7O4. The third kappa shape index (κ3) is 6.25. The monoisotopic (exact) mass is 561 g/mol. The highest BCUT2D eigenvalue weighted by Gasteiger charge is 2.38. The number of rotatable bonds is 7. The van der Waals surface area contributed by atoms with E-state index in [2.05, 4.69) is 25.3 Å². The van der Waals surface area contributed by atoms with E-state index in [1.54, 1.807) is 4.90 Å². The van der Waals surface area contributed by atoms with Crippen LogP contribution in [0.25, 0.3) is 0 Å². The Morgan fingerprint density at radius 1 is 1.05 bits per heavy atom. The first kappa shape index (κ1) is 26.8. The third-order valence-electron chi connectivity index (χ3n) is 6.96. The highest BCUT2D eigenvalue weighted by atomic mass is 35.5. The molecule has 0 unspecified atom stereocenters. The number of carbonyl (C=O) groups is 1. The molecular weight excluding hydrogens is 536 g/mol. The maximum absolute atomic E-state index is 14.5. The second-order valence-electron chi connectivity index (χ2n) is 9.53. The van der Waals surface area contributed by atoms with Gasteiger partial charge in [-0.3, -0.25) is 0 Å². The van der Waals surface area contributed by atoms with Crippen molar-refractivity contribution in [3.05, 3.63) is 65.2 Å². The van der Waals surface area contributed by atoms with Crippen molar-refractivity contribution in [2.24, 2.45) is 5.92 Å². The number of anilines is 2. The first-order valence-electron chi connectivity index (χ1n) is 12.3. The second kappa shape index (κ2) is 11.5. The van der Waals surface area contributed by atoms with Gasteiger partial charge in [-0.05, 0) is 30.2 Å². The summed E-state index contributed by atoms with van der Waals surface area (Å²) in [5, 5.41) is 22.7. The van der Waals surface area contributed by atoms with Crippen molar-refractivity contribution in [2.45, 2.75) is 24.5 Å². The Kier molecular flexibility index (Phi) is 7.89. The molecule has 1 amide bonds. The third-order valence-corrected chi connectivity index (χ3v) is 7.15. The fourth-order valence-corrected chi connectivity index (χ4v) is 5.06. The van der Waals surface area contributed by atoms with Crippen molar-refractivity contribution in [3.8, 4) is 5.75 Å². The summed E-state index contributed by atoms with van der Waals surface area (Å²) in [7, 11) is 0. The summed E-state index contributed by atoms with van der Waals surface area (Å²) in [6, 6.07) is 2.44. The van der Waals surface area contributed by atoms with Gasteiger partial charge in [0, 0.05) is 38.0 Å².